The molecule has 7 heteroatoms. The zero-order valence-electron chi connectivity index (χ0n) is 9.14. The summed E-state index contributed by atoms with van der Waals surface area (Å²) >= 11 is 0. The van der Waals surface area contributed by atoms with Crippen molar-refractivity contribution in [1.29, 1.82) is 0 Å². The predicted octanol–water partition coefficient (Wildman–Crippen LogP) is 0.444. The molecule has 1 aromatic carbocycles. The van der Waals surface area contributed by atoms with E-state index in [1.165, 1.54) is 18.2 Å². The zero-order valence-corrected chi connectivity index (χ0v) is 9.95. The number of primary sulfonamides is 1. The lowest BCUT2D eigenvalue weighted by Crippen LogP contribution is -2.36. The minimum Gasteiger partial charge on any atom is -0.478 e. The van der Waals surface area contributed by atoms with Crippen molar-refractivity contribution in [1.82, 2.24) is 0 Å². The van der Waals surface area contributed by atoms with Crippen molar-refractivity contribution >= 4 is 21.6 Å². The van der Waals surface area contributed by atoms with E-state index in [9.17, 15) is 13.2 Å². The van der Waals surface area contributed by atoms with E-state index >= 15 is 0 Å². The number of hydrogen-bond donors (Lipinski definition) is 2. The van der Waals surface area contributed by atoms with Crippen molar-refractivity contribution in [3.63, 3.8) is 0 Å². The van der Waals surface area contributed by atoms with Crippen molar-refractivity contribution in [2.45, 2.75) is 24.3 Å². The first-order valence-electron chi connectivity index (χ1n) is 5.06. The molecule has 0 saturated heterocycles. The highest BCUT2D eigenvalue weighted by molar-refractivity contribution is 7.89. The van der Waals surface area contributed by atoms with Gasteiger partial charge in [0.1, 0.15) is 5.75 Å². The van der Waals surface area contributed by atoms with Gasteiger partial charge in [0.25, 0.3) is 5.91 Å². The molecule has 92 valence electrons. The van der Waals surface area contributed by atoms with Crippen LogP contribution in [0.25, 0.3) is 0 Å². The molecule has 0 radical (unpaired) electrons. The summed E-state index contributed by atoms with van der Waals surface area (Å²) in [6.07, 6.45) is 0.00482. The Bertz CT molecular complexity index is 568. The average Bonchev–Trinajstić information content (AvgIpc) is 2.26. The van der Waals surface area contributed by atoms with Crippen LogP contribution in [0.2, 0.25) is 0 Å². The molecule has 1 aliphatic heterocycles. The van der Waals surface area contributed by atoms with Gasteiger partial charge in [-0.3, -0.25) is 4.79 Å². The van der Waals surface area contributed by atoms with Crippen LogP contribution >= 0.6 is 0 Å². The summed E-state index contributed by atoms with van der Waals surface area (Å²) in [4.78, 5) is 11.5. The third kappa shape index (κ3) is 2.25. The molecule has 1 unspecified atom stereocenters. The molecule has 0 aliphatic carbocycles. The number of carbonyl (C=O) groups is 1. The number of anilines is 1. The molecular formula is C10H12N2O4S. The number of nitrogens with one attached hydrogen (secondary N) is 1. The van der Waals surface area contributed by atoms with E-state index < -0.39 is 16.1 Å². The van der Waals surface area contributed by atoms with Crippen LogP contribution in [0.1, 0.15) is 13.3 Å². The molecule has 1 aromatic rings. The molecule has 1 atom stereocenters. The minimum atomic E-state index is -3.78. The highest BCUT2D eigenvalue weighted by atomic mass is 32.2. The number of carbonyl (C=O) groups excluding carboxylic acids is 1. The molecule has 0 spiro atoms. The van der Waals surface area contributed by atoms with Gasteiger partial charge in [0, 0.05) is 0 Å². The van der Waals surface area contributed by atoms with Crippen molar-refractivity contribution in [2.24, 2.45) is 5.14 Å². The molecule has 1 heterocycles. The van der Waals surface area contributed by atoms with E-state index in [4.69, 9.17) is 9.88 Å². The Morgan fingerprint density at radius 2 is 2.18 bits per heavy atom. The number of ether oxygens (including phenoxy) is 1. The fourth-order valence-electron chi connectivity index (χ4n) is 1.58. The Kier molecular flexibility index (Phi) is 2.80. The van der Waals surface area contributed by atoms with Crippen molar-refractivity contribution in [3.8, 4) is 5.75 Å². The molecule has 1 aliphatic rings. The van der Waals surface area contributed by atoms with Crippen LogP contribution < -0.4 is 15.2 Å². The van der Waals surface area contributed by atoms with E-state index in [2.05, 4.69) is 5.32 Å². The largest absolute Gasteiger partial charge is 0.478 e. The summed E-state index contributed by atoms with van der Waals surface area (Å²) in [7, 11) is -3.78. The summed E-state index contributed by atoms with van der Waals surface area (Å²) in [5, 5.41) is 7.59. The van der Waals surface area contributed by atoms with Gasteiger partial charge in [-0.1, -0.05) is 6.92 Å². The molecule has 6 nitrogen and oxygen atoms in total. The second-order valence-electron chi connectivity index (χ2n) is 3.71. The van der Waals surface area contributed by atoms with Gasteiger partial charge in [-0.05, 0) is 24.6 Å². The first kappa shape index (κ1) is 11.9. The number of hydrogen-bond acceptors (Lipinski definition) is 4. The smallest absolute Gasteiger partial charge is 0.265 e. The topological polar surface area (TPSA) is 98.5 Å². The third-order valence-corrected chi connectivity index (χ3v) is 3.38. The third-order valence-electron chi connectivity index (χ3n) is 2.47. The zero-order chi connectivity index (χ0) is 12.6. The van der Waals surface area contributed by atoms with Crippen molar-refractivity contribution in [3.05, 3.63) is 18.2 Å². The Labute approximate surface area is 98.8 Å². The van der Waals surface area contributed by atoms with Crippen LogP contribution in [-0.2, 0) is 14.8 Å². The summed E-state index contributed by atoms with van der Waals surface area (Å²) < 4.78 is 27.7. The van der Waals surface area contributed by atoms with Gasteiger partial charge in [0.05, 0.1) is 10.6 Å². The maximum Gasteiger partial charge on any atom is 0.265 e. The highest BCUT2D eigenvalue weighted by Crippen LogP contribution is 2.32. The van der Waals surface area contributed by atoms with Gasteiger partial charge in [-0.2, -0.15) is 0 Å². The molecular weight excluding hydrogens is 244 g/mol. The first-order valence-corrected chi connectivity index (χ1v) is 6.61. The number of amides is 1. The van der Waals surface area contributed by atoms with Crippen LogP contribution in [0.4, 0.5) is 5.69 Å². The molecule has 1 amide bonds. The number of sulfonamides is 1. The molecule has 0 fully saturated rings. The van der Waals surface area contributed by atoms with Crippen LogP contribution in [0.5, 0.6) is 5.75 Å². The summed E-state index contributed by atoms with van der Waals surface area (Å²) in [5.41, 5.74) is 0.325. The predicted molar refractivity (Wildman–Crippen MR) is 61.2 cm³/mol. The highest BCUT2D eigenvalue weighted by Gasteiger charge is 2.26. The summed E-state index contributed by atoms with van der Waals surface area (Å²) in [6, 6.07) is 4.12. The summed E-state index contributed by atoms with van der Waals surface area (Å²) in [5.74, 6) is 0.162. The quantitative estimate of drug-likeness (QED) is 0.802. The SMILES string of the molecule is CCC1Oc2ccc(S(N)(=O)=O)cc2NC1=O. The van der Waals surface area contributed by atoms with E-state index in [0.29, 0.717) is 17.9 Å². The lowest BCUT2D eigenvalue weighted by molar-refractivity contribution is -0.123. The number of nitrogens with two attached hydrogens (primary N) is 1. The normalized spacial score (nSPS) is 19.2. The van der Waals surface area contributed by atoms with Gasteiger partial charge >= 0.3 is 0 Å². The first-order chi connectivity index (χ1) is 7.91. The number of benzene rings is 1. The fraction of sp³-hybridized carbons (Fsp3) is 0.300. The van der Waals surface area contributed by atoms with Crippen LogP contribution in [-0.4, -0.2) is 20.4 Å². The Morgan fingerprint density at radius 1 is 1.47 bits per heavy atom. The van der Waals surface area contributed by atoms with Crippen LogP contribution in [0.3, 0.4) is 0 Å². The lowest BCUT2D eigenvalue weighted by Gasteiger charge is -2.25. The second kappa shape index (κ2) is 4.01. The Morgan fingerprint density at radius 3 is 2.76 bits per heavy atom. The standard InChI is InChI=1S/C10H12N2O4S/c1-2-8-10(13)12-7-5-6(17(11,14)15)3-4-9(7)16-8/h3-5,8H,2H2,1H3,(H,12,13)(H2,11,14,15). The molecule has 0 aromatic heterocycles. The molecule has 0 saturated carbocycles. The molecule has 0 bridgehead atoms. The van der Waals surface area contributed by atoms with Gasteiger partial charge < -0.3 is 10.1 Å². The van der Waals surface area contributed by atoms with E-state index in [0.717, 1.165) is 0 Å². The lowest BCUT2D eigenvalue weighted by atomic mass is 10.2. The second-order valence-corrected chi connectivity index (χ2v) is 5.27. The van der Waals surface area contributed by atoms with Gasteiger partial charge in [0.15, 0.2) is 6.10 Å². The molecule has 3 N–H and O–H groups in total. The number of fused-ring (bicyclic) bond motifs is 1. The summed E-state index contributed by atoms with van der Waals surface area (Å²) in [6.45, 7) is 1.83. The monoisotopic (exact) mass is 256 g/mol. The average molecular weight is 256 g/mol. The van der Waals surface area contributed by atoms with E-state index in [1.807, 2.05) is 6.92 Å². The van der Waals surface area contributed by atoms with E-state index in [-0.39, 0.29) is 10.8 Å². The van der Waals surface area contributed by atoms with Gasteiger partial charge in [-0.15, -0.1) is 0 Å². The van der Waals surface area contributed by atoms with Crippen molar-refractivity contribution in [2.75, 3.05) is 5.32 Å². The Hall–Kier alpha value is -1.60. The van der Waals surface area contributed by atoms with E-state index in [1.54, 1.807) is 0 Å². The maximum absolute atomic E-state index is 11.5. The maximum atomic E-state index is 11.5. The van der Waals surface area contributed by atoms with Crippen LogP contribution in [0, 0.1) is 0 Å². The van der Waals surface area contributed by atoms with Gasteiger partial charge in [0.2, 0.25) is 10.0 Å². The van der Waals surface area contributed by atoms with Crippen LogP contribution in [0.15, 0.2) is 23.1 Å². The molecule has 17 heavy (non-hydrogen) atoms. The minimum absolute atomic E-state index is 0.0601. The fourth-order valence-corrected chi connectivity index (χ4v) is 2.12. The number of rotatable bonds is 2. The molecule has 2 rings (SSSR count). The Balaban J connectivity index is 2.43. The van der Waals surface area contributed by atoms with Crippen molar-refractivity contribution < 1.29 is 17.9 Å². The van der Waals surface area contributed by atoms with Gasteiger partial charge in [-0.25, -0.2) is 13.6 Å².